The van der Waals surface area contributed by atoms with Crippen molar-refractivity contribution in [2.24, 2.45) is 0 Å². The van der Waals surface area contributed by atoms with Crippen LogP contribution in [0.3, 0.4) is 0 Å². The lowest BCUT2D eigenvalue weighted by Gasteiger charge is -2.30. The lowest BCUT2D eigenvalue weighted by atomic mass is 9.78. The van der Waals surface area contributed by atoms with Gasteiger partial charge in [-0.05, 0) is 51.9 Å². The Hall–Kier alpha value is -3.39. The summed E-state index contributed by atoms with van der Waals surface area (Å²) >= 11 is 0. The van der Waals surface area contributed by atoms with Gasteiger partial charge in [0.05, 0.1) is 17.1 Å². The highest BCUT2D eigenvalue weighted by Crippen LogP contribution is 2.40. The number of rotatable bonds is 7. The second-order valence-electron chi connectivity index (χ2n) is 8.13. The van der Waals surface area contributed by atoms with Crippen molar-refractivity contribution in [3.63, 3.8) is 0 Å². The van der Waals surface area contributed by atoms with Crippen LogP contribution in [-0.2, 0) is 19.1 Å². The molecule has 0 aromatic heterocycles. The summed E-state index contributed by atoms with van der Waals surface area (Å²) in [7, 11) is 1.67. The lowest BCUT2D eigenvalue weighted by molar-refractivity contribution is -0.148. The van der Waals surface area contributed by atoms with Crippen LogP contribution in [0.5, 0.6) is 0 Å². The minimum Gasteiger partial charge on any atom is -0.478 e. The van der Waals surface area contributed by atoms with Crippen molar-refractivity contribution in [1.82, 2.24) is 10.6 Å². The van der Waals surface area contributed by atoms with E-state index in [-0.39, 0.29) is 17.7 Å². The van der Waals surface area contributed by atoms with Gasteiger partial charge in [-0.2, -0.15) is 0 Å². The highest BCUT2D eigenvalue weighted by atomic mass is 16.6. The van der Waals surface area contributed by atoms with Gasteiger partial charge in [-0.3, -0.25) is 0 Å². The number of dihydropyridines is 1. The van der Waals surface area contributed by atoms with Crippen molar-refractivity contribution in [2.45, 2.75) is 39.2 Å². The Labute approximate surface area is 181 Å². The van der Waals surface area contributed by atoms with Crippen LogP contribution >= 0.6 is 0 Å². The SMILES string of the molecule is CNCC1=C(C(=O)O)C(c2ccccc2C=CC(=O)OC(C)(C)C)C(C(=O)O)=C(C)N1. The number of ether oxygens (including phenoxy) is 1. The maximum absolute atomic E-state index is 12.2. The molecule has 0 spiro atoms. The van der Waals surface area contributed by atoms with Gasteiger partial charge in [0.2, 0.25) is 0 Å². The largest absolute Gasteiger partial charge is 0.478 e. The van der Waals surface area contributed by atoms with E-state index in [1.165, 1.54) is 12.2 Å². The molecule has 1 unspecified atom stereocenters. The van der Waals surface area contributed by atoms with Gasteiger partial charge < -0.3 is 25.6 Å². The molecule has 4 N–H and O–H groups in total. The molecule has 0 aliphatic carbocycles. The third kappa shape index (κ3) is 5.82. The van der Waals surface area contributed by atoms with Crippen molar-refractivity contribution in [3.05, 3.63) is 64.0 Å². The fourth-order valence-corrected chi connectivity index (χ4v) is 3.48. The summed E-state index contributed by atoms with van der Waals surface area (Å²) in [6.07, 6.45) is 2.76. The molecule has 2 rings (SSSR count). The van der Waals surface area contributed by atoms with Gasteiger partial charge in [0, 0.05) is 24.0 Å². The van der Waals surface area contributed by atoms with Crippen LogP contribution in [0.1, 0.15) is 44.7 Å². The van der Waals surface area contributed by atoms with Crippen LogP contribution in [0.15, 0.2) is 52.9 Å². The van der Waals surface area contributed by atoms with Crippen LogP contribution in [0.4, 0.5) is 0 Å². The topological polar surface area (TPSA) is 125 Å². The van der Waals surface area contributed by atoms with E-state index >= 15 is 0 Å². The molecular weight excluding hydrogens is 400 g/mol. The van der Waals surface area contributed by atoms with Gasteiger partial charge >= 0.3 is 17.9 Å². The molecule has 1 aromatic carbocycles. The molecule has 166 valence electrons. The molecule has 0 saturated heterocycles. The van der Waals surface area contributed by atoms with Gasteiger partial charge in [0.15, 0.2) is 0 Å². The van der Waals surface area contributed by atoms with Crippen molar-refractivity contribution >= 4 is 24.0 Å². The predicted molar refractivity (Wildman–Crippen MR) is 116 cm³/mol. The highest BCUT2D eigenvalue weighted by Gasteiger charge is 2.38. The Morgan fingerprint density at radius 3 is 2.29 bits per heavy atom. The molecule has 1 heterocycles. The first-order valence-corrected chi connectivity index (χ1v) is 9.78. The predicted octanol–water partition coefficient (Wildman–Crippen LogP) is 2.65. The van der Waals surface area contributed by atoms with E-state index in [1.807, 2.05) is 0 Å². The molecule has 0 saturated carbocycles. The number of carbonyl (C=O) groups excluding carboxylic acids is 1. The Bertz CT molecular complexity index is 982. The number of esters is 1. The fourth-order valence-electron chi connectivity index (χ4n) is 3.48. The number of likely N-dealkylation sites (N-methyl/N-ethyl adjacent to an activating group) is 1. The van der Waals surface area contributed by atoms with Crippen molar-refractivity contribution in [3.8, 4) is 0 Å². The first-order chi connectivity index (χ1) is 14.5. The second-order valence-corrected chi connectivity index (χ2v) is 8.13. The quantitative estimate of drug-likeness (QED) is 0.386. The van der Waals surface area contributed by atoms with Gasteiger partial charge in [0.25, 0.3) is 0 Å². The molecule has 8 heteroatoms. The zero-order chi connectivity index (χ0) is 23.3. The first-order valence-electron chi connectivity index (χ1n) is 9.78. The molecule has 0 radical (unpaired) electrons. The van der Waals surface area contributed by atoms with Crippen LogP contribution in [0.2, 0.25) is 0 Å². The number of allylic oxidation sites excluding steroid dienone is 1. The zero-order valence-corrected chi connectivity index (χ0v) is 18.3. The third-order valence-electron chi connectivity index (χ3n) is 4.57. The molecule has 0 fully saturated rings. The van der Waals surface area contributed by atoms with E-state index in [0.717, 1.165) is 0 Å². The van der Waals surface area contributed by atoms with Gasteiger partial charge in [-0.25, -0.2) is 14.4 Å². The minimum atomic E-state index is -1.22. The molecule has 0 amide bonds. The highest BCUT2D eigenvalue weighted by molar-refractivity contribution is 5.99. The lowest BCUT2D eigenvalue weighted by Crippen LogP contribution is -2.35. The van der Waals surface area contributed by atoms with E-state index in [1.54, 1.807) is 59.0 Å². The molecule has 1 aromatic rings. The van der Waals surface area contributed by atoms with Crippen molar-refractivity contribution in [1.29, 1.82) is 0 Å². The molecular formula is C23H28N2O6. The molecule has 8 nitrogen and oxygen atoms in total. The summed E-state index contributed by atoms with van der Waals surface area (Å²) in [4.78, 5) is 36.4. The van der Waals surface area contributed by atoms with E-state index in [0.29, 0.717) is 22.5 Å². The number of aliphatic carboxylic acids is 2. The zero-order valence-electron chi connectivity index (χ0n) is 18.3. The van der Waals surface area contributed by atoms with E-state index in [4.69, 9.17) is 4.74 Å². The standard InChI is InChI=1S/C23H28N2O6/c1-13-18(21(27)28)19(20(22(29)30)16(25-13)12-24-5)15-9-7-6-8-14(15)10-11-17(26)31-23(2,3)4/h6-11,19,24-25H,12H2,1-5H3,(H,27,28)(H,29,30). The summed E-state index contributed by atoms with van der Waals surface area (Å²) < 4.78 is 5.28. The van der Waals surface area contributed by atoms with E-state index in [9.17, 15) is 24.6 Å². The Kier molecular flexibility index (Phi) is 7.41. The smallest absolute Gasteiger partial charge is 0.334 e. The summed E-state index contributed by atoms with van der Waals surface area (Å²) in [6, 6.07) is 6.80. The van der Waals surface area contributed by atoms with Gasteiger partial charge in [0.1, 0.15) is 5.60 Å². The summed E-state index contributed by atoms with van der Waals surface area (Å²) in [5.41, 5.74) is 0.951. The Balaban J connectivity index is 2.64. The Morgan fingerprint density at radius 1 is 1.13 bits per heavy atom. The average Bonchev–Trinajstić information content (AvgIpc) is 2.64. The second kappa shape index (κ2) is 9.61. The van der Waals surface area contributed by atoms with Crippen LogP contribution in [0, 0.1) is 0 Å². The maximum atomic E-state index is 12.2. The number of hydrogen-bond donors (Lipinski definition) is 4. The average molecular weight is 428 g/mol. The fraction of sp³-hybridized carbons (Fsp3) is 0.348. The van der Waals surface area contributed by atoms with Gasteiger partial charge in [-0.1, -0.05) is 24.3 Å². The van der Waals surface area contributed by atoms with Crippen molar-refractivity contribution in [2.75, 3.05) is 13.6 Å². The number of carbonyl (C=O) groups is 3. The van der Waals surface area contributed by atoms with Crippen molar-refractivity contribution < 1.29 is 29.3 Å². The number of hydrogen-bond acceptors (Lipinski definition) is 6. The van der Waals surface area contributed by atoms with E-state index < -0.39 is 29.4 Å². The van der Waals surface area contributed by atoms with E-state index in [2.05, 4.69) is 10.6 Å². The molecule has 1 atom stereocenters. The number of carboxylic acid groups (broad SMARTS) is 2. The van der Waals surface area contributed by atoms with Gasteiger partial charge in [-0.15, -0.1) is 0 Å². The number of benzene rings is 1. The Morgan fingerprint density at radius 2 is 1.74 bits per heavy atom. The number of carboxylic acids is 2. The van der Waals surface area contributed by atoms with Crippen LogP contribution < -0.4 is 10.6 Å². The molecule has 1 aliphatic heterocycles. The molecule has 1 aliphatic rings. The summed E-state index contributed by atoms with van der Waals surface area (Å²) in [6.45, 7) is 7.08. The summed E-state index contributed by atoms with van der Waals surface area (Å²) in [5, 5.41) is 25.7. The van der Waals surface area contributed by atoms with Crippen LogP contribution in [0.25, 0.3) is 6.08 Å². The normalized spacial score (nSPS) is 17.0. The maximum Gasteiger partial charge on any atom is 0.334 e. The van der Waals surface area contributed by atoms with Crippen LogP contribution in [-0.4, -0.2) is 47.3 Å². The third-order valence-corrected chi connectivity index (χ3v) is 4.57. The summed E-state index contributed by atoms with van der Waals surface area (Å²) in [5.74, 6) is -4.02. The number of nitrogens with one attached hydrogen (secondary N) is 2. The first kappa shape index (κ1) is 23.9. The molecule has 31 heavy (non-hydrogen) atoms. The molecule has 0 bridgehead atoms. The monoisotopic (exact) mass is 428 g/mol. The minimum absolute atomic E-state index is 0.0598.